The van der Waals surface area contributed by atoms with E-state index in [1.165, 1.54) is 11.8 Å². The average Bonchev–Trinajstić information content (AvgIpc) is 2.68. The van der Waals surface area contributed by atoms with Gasteiger partial charge in [-0.15, -0.1) is 0 Å². The zero-order chi connectivity index (χ0) is 19.2. The van der Waals surface area contributed by atoms with Crippen molar-refractivity contribution in [3.63, 3.8) is 0 Å². The quantitative estimate of drug-likeness (QED) is 0.793. The number of rotatable bonds is 5. The van der Waals surface area contributed by atoms with Gasteiger partial charge in [-0.3, -0.25) is 4.79 Å². The topological polar surface area (TPSA) is 35.6 Å². The fraction of sp³-hybridized carbons (Fsp3) is 0.318. The van der Waals surface area contributed by atoms with E-state index in [9.17, 15) is 4.79 Å². The van der Waals surface area contributed by atoms with E-state index in [0.29, 0.717) is 5.02 Å². The second-order valence-electron chi connectivity index (χ2n) is 6.97. The smallest absolute Gasteiger partial charge is 0.244 e. The molecular formula is C22H26ClN3O. The average molecular weight is 384 g/mol. The van der Waals surface area contributed by atoms with Crippen LogP contribution in [0.25, 0.3) is 6.08 Å². The number of piperazine rings is 1. The van der Waals surface area contributed by atoms with Crippen molar-refractivity contribution in [2.45, 2.75) is 13.0 Å². The largest absolute Gasteiger partial charge is 0.369 e. The van der Waals surface area contributed by atoms with E-state index in [4.69, 9.17) is 11.6 Å². The molecule has 2 aromatic carbocycles. The molecule has 1 saturated heterocycles. The molecule has 142 valence electrons. The van der Waals surface area contributed by atoms with Crippen LogP contribution < -0.4 is 10.2 Å². The minimum absolute atomic E-state index is 0.0687. The van der Waals surface area contributed by atoms with Crippen LogP contribution in [0.1, 0.15) is 24.1 Å². The van der Waals surface area contributed by atoms with E-state index in [-0.39, 0.29) is 11.9 Å². The lowest BCUT2D eigenvalue weighted by Gasteiger charge is -2.34. The third-order valence-corrected chi connectivity index (χ3v) is 5.26. The van der Waals surface area contributed by atoms with E-state index < -0.39 is 0 Å². The monoisotopic (exact) mass is 383 g/mol. The molecular weight excluding hydrogens is 358 g/mol. The van der Waals surface area contributed by atoms with Crippen LogP contribution in [-0.4, -0.2) is 44.0 Å². The third-order valence-electron chi connectivity index (χ3n) is 4.92. The summed E-state index contributed by atoms with van der Waals surface area (Å²) in [7, 11) is 2.15. The van der Waals surface area contributed by atoms with Gasteiger partial charge in [0.05, 0.1) is 6.04 Å². The van der Waals surface area contributed by atoms with Gasteiger partial charge in [0, 0.05) is 43.0 Å². The Morgan fingerprint density at radius 1 is 1.11 bits per heavy atom. The van der Waals surface area contributed by atoms with Crippen LogP contribution in [-0.2, 0) is 4.79 Å². The van der Waals surface area contributed by atoms with Gasteiger partial charge in [-0.1, -0.05) is 41.9 Å². The van der Waals surface area contributed by atoms with E-state index in [2.05, 4.69) is 46.4 Å². The molecule has 0 aliphatic carbocycles. The Kier molecular flexibility index (Phi) is 6.54. The number of carbonyl (C=O) groups excluding carboxylic acids is 1. The Labute approximate surface area is 166 Å². The summed E-state index contributed by atoms with van der Waals surface area (Å²) < 4.78 is 0. The van der Waals surface area contributed by atoms with Crippen LogP contribution in [0.4, 0.5) is 5.69 Å². The molecule has 0 bridgehead atoms. The highest BCUT2D eigenvalue weighted by Crippen LogP contribution is 2.22. The lowest BCUT2D eigenvalue weighted by Crippen LogP contribution is -2.44. The van der Waals surface area contributed by atoms with Crippen LogP contribution in [0.15, 0.2) is 54.6 Å². The number of nitrogens with one attached hydrogen (secondary N) is 1. The third kappa shape index (κ3) is 5.34. The molecule has 0 unspecified atom stereocenters. The van der Waals surface area contributed by atoms with Gasteiger partial charge in [0.15, 0.2) is 0 Å². The Balaban J connectivity index is 1.62. The van der Waals surface area contributed by atoms with Crippen molar-refractivity contribution in [3.8, 4) is 0 Å². The Bertz CT molecular complexity index is 813. The maximum Gasteiger partial charge on any atom is 0.244 e. The number of amides is 1. The summed E-state index contributed by atoms with van der Waals surface area (Å²) in [5.74, 6) is -0.132. The Morgan fingerprint density at radius 2 is 1.85 bits per heavy atom. The highest BCUT2D eigenvalue weighted by Gasteiger charge is 2.15. The summed E-state index contributed by atoms with van der Waals surface area (Å²) in [6, 6.07) is 15.8. The Morgan fingerprint density at radius 3 is 2.59 bits per heavy atom. The summed E-state index contributed by atoms with van der Waals surface area (Å²) in [6.45, 7) is 6.21. The molecule has 4 nitrogen and oxygen atoms in total. The molecule has 1 aliphatic rings. The number of carbonyl (C=O) groups is 1. The molecule has 1 heterocycles. The van der Waals surface area contributed by atoms with E-state index in [1.807, 2.05) is 31.2 Å². The van der Waals surface area contributed by atoms with Crippen LogP contribution >= 0.6 is 11.6 Å². The predicted molar refractivity (Wildman–Crippen MR) is 113 cm³/mol. The fourth-order valence-electron chi connectivity index (χ4n) is 3.18. The van der Waals surface area contributed by atoms with Gasteiger partial charge in [0.25, 0.3) is 0 Å². The molecule has 1 fully saturated rings. The maximum atomic E-state index is 12.3. The van der Waals surface area contributed by atoms with Gasteiger partial charge in [-0.2, -0.15) is 0 Å². The van der Waals surface area contributed by atoms with Crippen molar-refractivity contribution < 1.29 is 4.79 Å². The normalized spacial score (nSPS) is 16.5. The van der Waals surface area contributed by atoms with Crippen LogP contribution in [0.3, 0.4) is 0 Å². The summed E-state index contributed by atoms with van der Waals surface area (Å²) >= 11 is 6.12. The number of likely N-dealkylation sites (N-methyl/N-ethyl adjacent to an activating group) is 1. The minimum Gasteiger partial charge on any atom is -0.369 e. The molecule has 2 aromatic rings. The number of hydrogen-bond acceptors (Lipinski definition) is 3. The van der Waals surface area contributed by atoms with Crippen molar-refractivity contribution in [1.29, 1.82) is 0 Å². The van der Waals surface area contributed by atoms with Crippen LogP contribution in [0.5, 0.6) is 0 Å². The number of benzene rings is 2. The zero-order valence-electron chi connectivity index (χ0n) is 15.9. The van der Waals surface area contributed by atoms with Crippen LogP contribution in [0.2, 0.25) is 5.02 Å². The highest BCUT2D eigenvalue weighted by molar-refractivity contribution is 6.32. The van der Waals surface area contributed by atoms with Crippen LogP contribution in [0, 0.1) is 0 Å². The summed E-state index contributed by atoms with van der Waals surface area (Å²) in [5.41, 5.74) is 3.15. The first kappa shape index (κ1) is 19.5. The predicted octanol–water partition coefficient (Wildman–Crippen LogP) is 3.98. The molecule has 0 aromatic heterocycles. The zero-order valence-corrected chi connectivity index (χ0v) is 16.6. The minimum atomic E-state index is -0.132. The second-order valence-corrected chi connectivity index (χ2v) is 7.38. The molecule has 1 N–H and O–H groups in total. The molecule has 5 heteroatoms. The van der Waals surface area contributed by atoms with Gasteiger partial charge in [0.1, 0.15) is 0 Å². The molecule has 1 aliphatic heterocycles. The number of halogens is 1. The van der Waals surface area contributed by atoms with Crippen molar-refractivity contribution >= 4 is 29.3 Å². The van der Waals surface area contributed by atoms with E-state index in [1.54, 1.807) is 6.08 Å². The summed E-state index contributed by atoms with van der Waals surface area (Å²) in [4.78, 5) is 17.0. The summed E-state index contributed by atoms with van der Waals surface area (Å²) in [5, 5.41) is 3.66. The second kappa shape index (κ2) is 9.07. The molecule has 3 rings (SSSR count). The van der Waals surface area contributed by atoms with E-state index >= 15 is 0 Å². The van der Waals surface area contributed by atoms with Gasteiger partial charge < -0.3 is 15.1 Å². The highest BCUT2D eigenvalue weighted by atomic mass is 35.5. The molecule has 0 saturated carbocycles. The maximum absolute atomic E-state index is 12.3. The lowest BCUT2D eigenvalue weighted by molar-refractivity contribution is -0.117. The SMILES string of the molecule is C[C@H](NC(=O)/C=C/c1ccccc1Cl)c1cccc(N2CCN(C)CC2)c1. The molecule has 27 heavy (non-hydrogen) atoms. The molecule has 0 radical (unpaired) electrons. The van der Waals surface area contributed by atoms with Gasteiger partial charge >= 0.3 is 0 Å². The first-order valence-corrected chi connectivity index (χ1v) is 9.67. The van der Waals surface area contributed by atoms with Gasteiger partial charge in [0.2, 0.25) is 5.91 Å². The Hall–Kier alpha value is -2.30. The number of hydrogen-bond donors (Lipinski definition) is 1. The van der Waals surface area contributed by atoms with Crippen molar-refractivity contribution in [2.75, 3.05) is 38.1 Å². The lowest BCUT2D eigenvalue weighted by atomic mass is 10.1. The van der Waals surface area contributed by atoms with Gasteiger partial charge in [-0.05, 0) is 49.4 Å². The first-order valence-electron chi connectivity index (χ1n) is 9.29. The molecule has 0 spiro atoms. The number of anilines is 1. The number of nitrogens with zero attached hydrogens (tertiary/aromatic N) is 2. The van der Waals surface area contributed by atoms with E-state index in [0.717, 1.165) is 37.3 Å². The molecule has 1 amide bonds. The molecule has 1 atom stereocenters. The fourth-order valence-corrected chi connectivity index (χ4v) is 3.37. The van der Waals surface area contributed by atoms with Crippen molar-refractivity contribution in [2.24, 2.45) is 0 Å². The van der Waals surface area contributed by atoms with Gasteiger partial charge in [-0.25, -0.2) is 0 Å². The standard InChI is InChI=1S/C22H26ClN3O/c1-17(24-22(27)11-10-18-6-3-4-9-21(18)23)19-7-5-8-20(16-19)26-14-12-25(2)13-15-26/h3-11,16-17H,12-15H2,1-2H3,(H,24,27)/b11-10+/t17-/m0/s1. The first-order chi connectivity index (χ1) is 13.0. The summed E-state index contributed by atoms with van der Waals surface area (Å²) in [6.07, 6.45) is 3.27. The van der Waals surface area contributed by atoms with Crippen molar-refractivity contribution in [3.05, 3.63) is 70.8 Å². The van der Waals surface area contributed by atoms with Crippen molar-refractivity contribution in [1.82, 2.24) is 10.2 Å².